The van der Waals surface area contributed by atoms with Crippen molar-refractivity contribution < 1.29 is 0 Å². The van der Waals surface area contributed by atoms with E-state index < -0.39 is 0 Å². The van der Waals surface area contributed by atoms with Gasteiger partial charge in [-0.25, -0.2) is 0 Å². The highest BCUT2D eigenvalue weighted by Crippen LogP contribution is 2.28. The molecule has 21 heavy (non-hydrogen) atoms. The Hall–Kier alpha value is -1.09. The van der Waals surface area contributed by atoms with Crippen LogP contribution >= 0.6 is 0 Å². The molecule has 3 nitrogen and oxygen atoms in total. The molecule has 0 bridgehead atoms. The van der Waals surface area contributed by atoms with Crippen molar-refractivity contribution in [3.8, 4) is 0 Å². The lowest BCUT2D eigenvalue weighted by molar-refractivity contribution is 0.324. The van der Waals surface area contributed by atoms with Crippen LogP contribution in [-0.4, -0.2) is 22.9 Å². The van der Waals surface area contributed by atoms with Crippen LogP contribution in [0.5, 0.6) is 0 Å². The fourth-order valence-corrected chi connectivity index (χ4v) is 3.19. The Labute approximate surface area is 129 Å². The summed E-state index contributed by atoms with van der Waals surface area (Å²) in [4.78, 5) is 0. The van der Waals surface area contributed by atoms with E-state index in [0.717, 1.165) is 19.5 Å². The zero-order chi connectivity index (χ0) is 15.1. The summed E-state index contributed by atoms with van der Waals surface area (Å²) in [6, 6.07) is 2.82. The molecule has 0 aromatic carbocycles. The molecule has 1 atom stereocenters. The van der Waals surface area contributed by atoms with Crippen LogP contribution < -0.4 is 5.32 Å². The molecule has 0 saturated heterocycles. The average molecular weight is 289 g/mol. The number of nitrogens with zero attached hydrogens (tertiary/aromatic N) is 2. The molecule has 3 heteroatoms. The van der Waals surface area contributed by atoms with Gasteiger partial charge in [0.25, 0.3) is 0 Å². The van der Waals surface area contributed by atoms with Gasteiger partial charge in [0, 0.05) is 24.6 Å². The summed E-state index contributed by atoms with van der Waals surface area (Å²) in [5.74, 6) is 0. The van der Waals surface area contributed by atoms with Crippen molar-refractivity contribution in [3.05, 3.63) is 30.6 Å². The highest BCUT2D eigenvalue weighted by atomic mass is 15.3. The van der Waals surface area contributed by atoms with Crippen LogP contribution in [0.2, 0.25) is 0 Å². The second kappa shape index (κ2) is 7.79. The molecule has 1 N–H and O–H groups in total. The predicted molar refractivity (Wildman–Crippen MR) is 89.5 cm³/mol. The molecule has 0 aliphatic heterocycles. The first-order chi connectivity index (χ1) is 10.2. The van der Waals surface area contributed by atoms with Crippen molar-refractivity contribution in [1.82, 2.24) is 15.1 Å². The Balaban J connectivity index is 1.94. The Bertz CT molecular complexity index is 431. The third kappa shape index (κ3) is 4.70. The van der Waals surface area contributed by atoms with Crippen molar-refractivity contribution in [1.29, 1.82) is 0 Å². The van der Waals surface area contributed by atoms with E-state index in [2.05, 4.69) is 48.8 Å². The molecule has 1 saturated carbocycles. The van der Waals surface area contributed by atoms with Gasteiger partial charge in [0.1, 0.15) is 0 Å². The molecule has 2 rings (SSSR count). The smallest absolute Gasteiger partial charge is 0.0633 e. The Morgan fingerprint density at radius 2 is 2.19 bits per heavy atom. The van der Waals surface area contributed by atoms with Gasteiger partial charge in [-0.2, -0.15) is 5.10 Å². The fourth-order valence-electron chi connectivity index (χ4n) is 3.19. The summed E-state index contributed by atoms with van der Waals surface area (Å²) in [5, 5.41) is 8.35. The highest BCUT2D eigenvalue weighted by molar-refractivity contribution is 5.08. The van der Waals surface area contributed by atoms with Gasteiger partial charge < -0.3 is 5.32 Å². The average Bonchev–Trinajstić information content (AvgIpc) is 2.97. The van der Waals surface area contributed by atoms with Crippen molar-refractivity contribution in [2.45, 2.75) is 64.8 Å². The van der Waals surface area contributed by atoms with Gasteiger partial charge in [-0.1, -0.05) is 39.2 Å². The van der Waals surface area contributed by atoms with Gasteiger partial charge in [-0.15, -0.1) is 6.58 Å². The van der Waals surface area contributed by atoms with Crippen LogP contribution in [0.1, 0.15) is 64.1 Å². The molecule has 1 unspecified atom stereocenters. The zero-order valence-corrected chi connectivity index (χ0v) is 13.8. The topological polar surface area (TPSA) is 29.9 Å². The van der Waals surface area contributed by atoms with Crippen LogP contribution in [0.15, 0.2) is 24.9 Å². The molecule has 1 aliphatic carbocycles. The number of hydrogen-bond donors (Lipinski definition) is 1. The molecular weight excluding hydrogens is 258 g/mol. The van der Waals surface area contributed by atoms with E-state index in [1.54, 1.807) is 0 Å². The van der Waals surface area contributed by atoms with Crippen molar-refractivity contribution in [2.75, 3.05) is 13.1 Å². The van der Waals surface area contributed by atoms with Gasteiger partial charge in [-0.3, -0.25) is 4.68 Å². The first-order valence-electron chi connectivity index (χ1n) is 8.55. The van der Waals surface area contributed by atoms with Crippen LogP contribution in [0.25, 0.3) is 0 Å². The maximum Gasteiger partial charge on any atom is 0.0633 e. The highest BCUT2D eigenvalue weighted by Gasteiger charge is 2.23. The maximum absolute atomic E-state index is 4.84. The van der Waals surface area contributed by atoms with Gasteiger partial charge in [0.2, 0.25) is 0 Å². The zero-order valence-electron chi connectivity index (χ0n) is 13.8. The first kappa shape index (κ1) is 16.3. The molecule has 118 valence electrons. The third-order valence-electron chi connectivity index (χ3n) is 4.65. The SMILES string of the molecule is C=CC(C)(CNCCC)Cc1ccn(C2CCCCC2)n1. The predicted octanol–water partition coefficient (Wildman–Crippen LogP) is 4.12. The largest absolute Gasteiger partial charge is 0.316 e. The number of nitrogens with one attached hydrogen (secondary N) is 1. The molecule has 1 fully saturated rings. The number of rotatable bonds is 8. The summed E-state index contributed by atoms with van der Waals surface area (Å²) in [7, 11) is 0. The molecule has 1 aliphatic rings. The normalized spacial score (nSPS) is 19.3. The summed E-state index contributed by atoms with van der Waals surface area (Å²) < 4.78 is 2.21. The molecule has 0 radical (unpaired) electrons. The lowest BCUT2D eigenvalue weighted by Crippen LogP contribution is -2.32. The van der Waals surface area contributed by atoms with E-state index in [1.807, 2.05) is 0 Å². The molecule has 1 aromatic heterocycles. The van der Waals surface area contributed by atoms with Gasteiger partial charge >= 0.3 is 0 Å². The minimum absolute atomic E-state index is 0.0842. The standard InChI is InChI=1S/C18H31N3/c1-4-12-19-15-18(3,5-2)14-16-11-13-21(20-16)17-9-7-6-8-10-17/h5,11,13,17,19H,2,4,6-10,12,14-15H2,1,3H3. The van der Waals surface area contributed by atoms with Gasteiger partial charge in [-0.05, 0) is 31.9 Å². The second-order valence-corrected chi connectivity index (χ2v) is 6.79. The molecule has 1 aromatic rings. The van der Waals surface area contributed by atoms with Crippen LogP contribution in [0.4, 0.5) is 0 Å². The van der Waals surface area contributed by atoms with E-state index in [4.69, 9.17) is 5.10 Å². The lowest BCUT2D eigenvalue weighted by Gasteiger charge is -2.25. The van der Waals surface area contributed by atoms with Gasteiger partial charge in [0.05, 0.1) is 11.7 Å². The maximum atomic E-state index is 4.84. The van der Waals surface area contributed by atoms with E-state index in [0.29, 0.717) is 6.04 Å². The van der Waals surface area contributed by atoms with Gasteiger partial charge in [0.15, 0.2) is 0 Å². The number of aromatic nitrogens is 2. The van der Waals surface area contributed by atoms with Crippen LogP contribution in [0.3, 0.4) is 0 Å². The summed E-state index contributed by atoms with van der Waals surface area (Å²) in [5.41, 5.74) is 1.28. The lowest BCUT2D eigenvalue weighted by atomic mass is 9.85. The van der Waals surface area contributed by atoms with Crippen molar-refractivity contribution >= 4 is 0 Å². The first-order valence-corrected chi connectivity index (χ1v) is 8.55. The summed E-state index contributed by atoms with van der Waals surface area (Å²) in [6.07, 6.45) is 13.1. The van der Waals surface area contributed by atoms with Crippen molar-refractivity contribution in [2.24, 2.45) is 5.41 Å². The van der Waals surface area contributed by atoms with E-state index in [1.165, 1.54) is 44.2 Å². The Morgan fingerprint density at radius 1 is 1.43 bits per heavy atom. The molecule has 1 heterocycles. The quantitative estimate of drug-likeness (QED) is 0.576. The van der Waals surface area contributed by atoms with Crippen molar-refractivity contribution in [3.63, 3.8) is 0 Å². The van der Waals surface area contributed by atoms with Crippen LogP contribution in [0, 0.1) is 5.41 Å². The van der Waals surface area contributed by atoms with E-state index in [-0.39, 0.29) is 5.41 Å². The number of hydrogen-bond acceptors (Lipinski definition) is 2. The fraction of sp³-hybridized carbons (Fsp3) is 0.722. The monoisotopic (exact) mass is 289 g/mol. The minimum Gasteiger partial charge on any atom is -0.316 e. The van der Waals surface area contributed by atoms with Crippen LogP contribution in [-0.2, 0) is 6.42 Å². The summed E-state index contributed by atoms with van der Waals surface area (Å²) >= 11 is 0. The second-order valence-electron chi connectivity index (χ2n) is 6.79. The molecule has 0 spiro atoms. The Kier molecular flexibility index (Phi) is 6.04. The summed E-state index contributed by atoms with van der Waals surface area (Å²) in [6.45, 7) is 10.5. The molecule has 0 amide bonds. The molecular formula is C18H31N3. The third-order valence-corrected chi connectivity index (χ3v) is 4.65. The van der Waals surface area contributed by atoms with E-state index >= 15 is 0 Å². The van der Waals surface area contributed by atoms with E-state index in [9.17, 15) is 0 Å². The Morgan fingerprint density at radius 3 is 2.86 bits per heavy atom. The minimum atomic E-state index is 0.0842.